The summed E-state index contributed by atoms with van der Waals surface area (Å²) in [4.78, 5) is 10.5. The van der Waals surface area contributed by atoms with Gasteiger partial charge in [0.2, 0.25) is 5.91 Å². The van der Waals surface area contributed by atoms with Crippen LogP contribution in [0.3, 0.4) is 0 Å². The Morgan fingerprint density at radius 2 is 1.88 bits per heavy atom. The van der Waals surface area contributed by atoms with Crippen molar-refractivity contribution in [2.24, 2.45) is 0 Å². The Morgan fingerprint density at radius 1 is 1.31 bits per heavy atom. The first kappa shape index (κ1) is 12.9. The van der Waals surface area contributed by atoms with Crippen molar-refractivity contribution in [3.63, 3.8) is 0 Å². The number of hydrogen-bond acceptors (Lipinski definition) is 2. The second-order valence-corrected chi connectivity index (χ2v) is 4.07. The maximum atomic E-state index is 13.3. The molecular weight excluding hydrogens is 282 g/mol. The van der Waals surface area contributed by atoms with E-state index in [0.29, 0.717) is 11.0 Å². The van der Waals surface area contributed by atoms with Crippen LogP contribution in [0, 0.1) is 11.6 Å². The van der Waals surface area contributed by atoms with Crippen molar-refractivity contribution in [1.82, 2.24) is 5.32 Å². The van der Waals surface area contributed by atoms with Crippen LogP contribution in [0.4, 0.5) is 14.5 Å². The van der Waals surface area contributed by atoms with Gasteiger partial charge >= 0.3 is 0 Å². The molecule has 0 unspecified atom stereocenters. The molecule has 1 amide bonds. The molecule has 0 fully saturated rings. The van der Waals surface area contributed by atoms with Gasteiger partial charge in [0.1, 0.15) is 17.3 Å². The summed E-state index contributed by atoms with van der Waals surface area (Å²) in [5, 5.41) is 5.09. The van der Waals surface area contributed by atoms with Crippen molar-refractivity contribution in [2.75, 3.05) is 18.4 Å². The molecule has 3 nitrogen and oxygen atoms in total. The van der Waals surface area contributed by atoms with Crippen LogP contribution in [-0.2, 0) is 4.79 Å². The van der Waals surface area contributed by atoms with Crippen molar-refractivity contribution in [3.8, 4) is 0 Å². The monoisotopic (exact) mass is 292 g/mol. The van der Waals surface area contributed by atoms with E-state index in [1.54, 1.807) is 0 Å². The highest BCUT2D eigenvalue weighted by Crippen LogP contribution is 2.23. The van der Waals surface area contributed by atoms with E-state index in [1.165, 1.54) is 19.1 Å². The molecule has 2 N–H and O–H groups in total. The van der Waals surface area contributed by atoms with Gasteiger partial charge < -0.3 is 10.6 Å². The van der Waals surface area contributed by atoms with Crippen molar-refractivity contribution < 1.29 is 13.6 Å². The zero-order valence-corrected chi connectivity index (χ0v) is 10.2. The van der Waals surface area contributed by atoms with Gasteiger partial charge in [-0.3, -0.25) is 4.79 Å². The zero-order chi connectivity index (χ0) is 12.1. The van der Waals surface area contributed by atoms with Crippen LogP contribution in [-0.4, -0.2) is 19.0 Å². The Morgan fingerprint density at radius 3 is 2.38 bits per heavy atom. The smallest absolute Gasteiger partial charge is 0.216 e. The average Bonchev–Trinajstić information content (AvgIpc) is 2.14. The van der Waals surface area contributed by atoms with E-state index in [0.717, 1.165) is 0 Å². The standard InChI is InChI=1S/C10H11BrF2N2O/c1-6(16)14-2-3-15-10-8(12)4-7(11)5-9(10)13/h4-5,15H,2-3H2,1H3,(H,14,16). The van der Waals surface area contributed by atoms with E-state index in [4.69, 9.17) is 0 Å². The van der Waals surface area contributed by atoms with Gasteiger partial charge in [-0.05, 0) is 12.1 Å². The third-order valence-electron chi connectivity index (χ3n) is 1.81. The number of carbonyl (C=O) groups excluding carboxylic acids is 1. The van der Waals surface area contributed by atoms with Crippen LogP contribution < -0.4 is 10.6 Å². The molecule has 88 valence electrons. The summed E-state index contributed by atoms with van der Waals surface area (Å²) in [7, 11) is 0. The molecular formula is C10H11BrF2N2O. The Labute approximate surface area is 100 Å². The number of rotatable bonds is 4. The van der Waals surface area contributed by atoms with E-state index < -0.39 is 11.6 Å². The fraction of sp³-hybridized carbons (Fsp3) is 0.300. The van der Waals surface area contributed by atoms with Gasteiger partial charge in [-0.25, -0.2) is 8.78 Å². The molecule has 0 radical (unpaired) electrons. The minimum absolute atomic E-state index is 0.182. The van der Waals surface area contributed by atoms with Crippen LogP contribution in [0.15, 0.2) is 16.6 Å². The normalized spacial score (nSPS) is 10.0. The minimum atomic E-state index is -0.672. The molecule has 1 aromatic carbocycles. The van der Waals surface area contributed by atoms with Gasteiger partial charge in [-0.15, -0.1) is 0 Å². The molecule has 0 saturated heterocycles. The Balaban J connectivity index is 2.57. The third kappa shape index (κ3) is 3.77. The quantitative estimate of drug-likeness (QED) is 0.836. The second kappa shape index (κ2) is 5.79. The number of hydrogen-bond donors (Lipinski definition) is 2. The predicted molar refractivity (Wildman–Crippen MR) is 61.2 cm³/mol. The van der Waals surface area contributed by atoms with Crippen LogP contribution in [0.1, 0.15) is 6.92 Å². The molecule has 16 heavy (non-hydrogen) atoms. The molecule has 0 spiro atoms. The number of benzene rings is 1. The number of amides is 1. The second-order valence-electron chi connectivity index (χ2n) is 3.15. The fourth-order valence-corrected chi connectivity index (χ4v) is 1.54. The highest BCUT2D eigenvalue weighted by Gasteiger charge is 2.09. The summed E-state index contributed by atoms with van der Waals surface area (Å²) in [6.07, 6.45) is 0. The topological polar surface area (TPSA) is 41.1 Å². The number of nitrogens with one attached hydrogen (secondary N) is 2. The first-order chi connectivity index (χ1) is 7.50. The van der Waals surface area contributed by atoms with Crippen LogP contribution in [0.5, 0.6) is 0 Å². The number of anilines is 1. The molecule has 0 bridgehead atoms. The van der Waals surface area contributed by atoms with Crippen molar-refractivity contribution in [3.05, 3.63) is 28.2 Å². The van der Waals surface area contributed by atoms with Crippen molar-refractivity contribution in [2.45, 2.75) is 6.92 Å². The Hall–Kier alpha value is -1.17. The third-order valence-corrected chi connectivity index (χ3v) is 2.27. The summed E-state index contributed by atoms with van der Waals surface area (Å²) in [5.41, 5.74) is -0.187. The first-order valence-corrected chi connectivity index (χ1v) is 5.43. The maximum absolute atomic E-state index is 13.3. The van der Waals surface area contributed by atoms with E-state index in [1.807, 2.05) is 0 Å². The lowest BCUT2D eigenvalue weighted by Crippen LogP contribution is -2.26. The SMILES string of the molecule is CC(=O)NCCNc1c(F)cc(Br)cc1F. The highest BCUT2D eigenvalue weighted by atomic mass is 79.9. The molecule has 0 saturated carbocycles. The summed E-state index contributed by atoms with van der Waals surface area (Å²) in [6, 6.07) is 2.34. The van der Waals surface area contributed by atoms with Gasteiger partial charge in [0.25, 0.3) is 0 Å². The lowest BCUT2D eigenvalue weighted by Gasteiger charge is -2.09. The Bertz CT molecular complexity index is 375. The summed E-state index contributed by atoms with van der Waals surface area (Å²) in [6.45, 7) is 1.94. The highest BCUT2D eigenvalue weighted by molar-refractivity contribution is 9.10. The van der Waals surface area contributed by atoms with E-state index in [-0.39, 0.29) is 18.1 Å². The molecule has 1 rings (SSSR count). The average molecular weight is 293 g/mol. The van der Waals surface area contributed by atoms with Gasteiger partial charge in [0.15, 0.2) is 0 Å². The lowest BCUT2D eigenvalue weighted by molar-refractivity contribution is -0.118. The Kier molecular flexibility index (Phi) is 4.67. The van der Waals surface area contributed by atoms with E-state index in [2.05, 4.69) is 26.6 Å². The molecule has 0 aliphatic heterocycles. The predicted octanol–water partition coefficient (Wildman–Crippen LogP) is 2.28. The summed E-state index contributed by atoms with van der Waals surface area (Å²) < 4.78 is 26.9. The number of carbonyl (C=O) groups is 1. The molecule has 0 aromatic heterocycles. The molecule has 1 aromatic rings. The summed E-state index contributed by atoms with van der Waals surface area (Å²) in [5.74, 6) is -1.53. The van der Waals surface area contributed by atoms with E-state index >= 15 is 0 Å². The lowest BCUT2D eigenvalue weighted by atomic mass is 10.3. The van der Waals surface area contributed by atoms with Crippen LogP contribution in [0.25, 0.3) is 0 Å². The summed E-state index contributed by atoms with van der Waals surface area (Å²) >= 11 is 2.98. The van der Waals surface area contributed by atoms with Gasteiger partial charge in [0.05, 0.1) is 0 Å². The van der Waals surface area contributed by atoms with Crippen LogP contribution in [0.2, 0.25) is 0 Å². The largest absolute Gasteiger partial charge is 0.379 e. The maximum Gasteiger partial charge on any atom is 0.216 e. The molecule has 0 aliphatic rings. The number of halogens is 3. The zero-order valence-electron chi connectivity index (χ0n) is 8.61. The molecule has 0 aliphatic carbocycles. The van der Waals surface area contributed by atoms with Crippen molar-refractivity contribution in [1.29, 1.82) is 0 Å². The van der Waals surface area contributed by atoms with Crippen LogP contribution >= 0.6 is 15.9 Å². The molecule has 0 atom stereocenters. The van der Waals surface area contributed by atoms with Gasteiger partial charge in [-0.2, -0.15) is 0 Å². The van der Waals surface area contributed by atoms with Crippen molar-refractivity contribution >= 4 is 27.5 Å². The van der Waals surface area contributed by atoms with E-state index in [9.17, 15) is 13.6 Å². The minimum Gasteiger partial charge on any atom is -0.379 e. The molecule has 6 heteroatoms. The molecule has 0 heterocycles. The van der Waals surface area contributed by atoms with Gasteiger partial charge in [0, 0.05) is 24.5 Å². The van der Waals surface area contributed by atoms with Gasteiger partial charge in [-0.1, -0.05) is 15.9 Å². The first-order valence-electron chi connectivity index (χ1n) is 4.63. The fourth-order valence-electron chi connectivity index (χ4n) is 1.14.